The summed E-state index contributed by atoms with van der Waals surface area (Å²) in [7, 11) is 0. The van der Waals surface area contributed by atoms with E-state index in [4.69, 9.17) is 27.6 Å². The Kier molecular flexibility index (Phi) is 2.98. The molecule has 1 aromatic heterocycles. The zero-order chi connectivity index (χ0) is 10.8. The van der Waals surface area contributed by atoms with Crippen LogP contribution >= 0.6 is 23.2 Å². The maximum atomic E-state index is 5.95. The van der Waals surface area contributed by atoms with Crippen molar-refractivity contribution >= 4 is 23.2 Å². The molecule has 0 bridgehead atoms. The molecule has 0 spiro atoms. The molecule has 2 nitrogen and oxygen atoms in total. The highest BCUT2D eigenvalue weighted by Gasteiger charge is 2.06. The second-order valence-corrected chi connectivity index (χ2v) is 3.97. The van der Waals surface area contributed by atoms with E-state index in [2.05, 4.69) is 4.98 Å². The summed E-state index contributed by atoms with van der Waals surface area (Å²) in [4.78, 5) is 4.03. The van der Waals surface area contributed by atoms with Crippen LogP contribution < -0.4 is 0 Å². The van der Waals surface area contributed by atoms with Crippen molar-refractivity contribution in [2.45, 2.75) is 12.8 Å². The van der Waals surface area contributed by atoms with E-state index in [1.807, 2.05) is 25.1 Å². The van der Waals surface area contributed by atoms with E-state index in [0.717, 1.165) is 11.1 Å². The zero-order valence-electron chi connectivity index (χ0n) is 8.13. The number of alkyl halides is 1. The fourth-order valence-corrected chi connectivity index (χ4v) is 1.80. The highest BCUT2D eigenvalue weighted by Crippen LogP contribution is 2.25. The van der Waals surface area contributed by atoms with Gasteiger partial charge in [-0.2, -0.15) is 0 Å². The van der Waals surface area contributed by atoms with Gasteiger partial charge in [-0.15, -0.1) is 11.6 Å². The van der Waals surface area contributed by atoms with Gasteiger partial charge in [0.15, 0.2) is 5.76 Å². The summed E-state index contributed by atoms with van der Waals surface area (Å²) in [6.07, 6.45) is 1.66. The van der Waals surface area contributed by atoms with E-state index in [1.54, 1.807) is 6.20 Å². The van der Waals surface area contributed by atoms with Crippen LogP contribution in [0.4, 0.5) is 0 Å². The molecule has 0 aliphatic carbocycles. The molecule has 0 unspecified atom stereocenters. The number of aryl methyl sites for hydroxylation is 1. The molecule has 0 N–H and O–H groups in total. The fourth-order valence-electron chi connectivity index (χ4n) is 1.38. The smallest absolute Gasteiger partial charge is 0.209 e. The second-order valence-electron chi connectivity index (χ2n) is 3.27. The standard InChI is InChI=1S/C11H9Cl2NO/c1-7-2-8(4-9(13)3-7)10-6-14-11(5-12)15-10/h2-4,6H,5H2,1H3. The lowest BCUT2D eigenvalue weighted by Crippen LogP contribution is -1.77. The Morgan fingerprint density at radius 3 is 2.73 bits per heavy atom. The van der Waals surface area contributed by atoms with Crippen LogP contribution in [0.5, 0.6) is 0 Å². The maximum Gasteiger partial charge on any atom is 0.209 e. The number of nitrogens with zero attached hydrogens (tertiary/aromatic N) is 1. The van der Waals surface area contributed by atoms with Crippen LogP contribution in [-0.2, 0) is 5.88 Å². The number of hydrogen-bond donors (Lipinski definition) is 0. The summed E-state index contributed by atoms with van der Waals surface area (Å²) in [5.41, 5.74) is 2.00. The molecular formula is C11H9Cl2NO. The first kappa shape index (κ1) is 10.5. The van der Waals surface area contributed by atoms with Gasteiger partial charge in [0.1, 0.15) is 0 Å². The minimum atomic E-state index is 0.277. The van der Waals surface area contributed by atoms with Crippen LogP contribution in [0.15, 0.2) is 28.8 Å². The average Bonchev–Trinajstić information content (AvgIpc) is 2.64. The van der Waals surface area contributed by atoms with E-state index in [9.17, 15) is 0 Å². The third-order valence-corrected chi connectivity index (χ3v) is 2.44. The number of halogens is 2. The van der Waals surface area contributed by atoms with Gasteiger partial charge in [-0.1, -0.05) is 11.6 Å². The predicted molar refractivity (Wildman–Crippen MR) is 61.2 cm³/mol. The molecule has 0 fully saturated rings. The van der Waals surface area contributed by atoms with E-state index in [-0.39, 0.29) is 5.88 Å². The highest BCUT2D eigenvalue weighted by molar-refractivity contribution is 6.30. The molecule has 0 saturated heterocycles. The Balaban J connectivity index is 2.44. The number of benzene rings is 1. The van der Waals surface area contributed by atoms with Gasteiger partial charge in [-0.05, 0) is 30.7 Å². The molecule has 2 rings (SSSR count). The quantitative estimate of drug-likeness (QED) is 0.742. The Bertz CT molecular complexity index is 459. The van der Waals surface area contributed by atoms with Crippen LogP contribution in [-0.4, -0.2) is 4.98 Å². The molecule has 0 amide bonds. The van der Waals surface area contributed by atoms with E-state index in [0.29, 0.717) is 16.7 Å². The molecule has 0 atom stereocenters. The molecule has 2 aromatic rings. The van der Waals surface area contributed by atoms with Crippen LogP contribution in [0, 0.1) is 6.92 Å². The van der Waals surface area contributed by atoms with Crippen molar-refractivity contribution in [2.75, 3.05) is 0 Å². The SMILES string of the molecule is Cc1cc(Cl)cc(-c2cnc(CCl)o2)c1. The zero-order valence-corrected chi connectivity index (χ0v) is 9.64. The van der Waals surface area contributed by atoms with Crippen molar-refractivity contribution in [3.05, 3.63) is 40.9 Å². The number of rotatable bonds is 2. The molecule has 15 heavy (non-hydrogen) atoms. The molecule has 1 heterocycles. The van der Waals surface area contributed by atoms with Crippen LogP contribution in [0.25, 0.3) is 11.3 Å². The first-order valence-corrected chi connectivity index (χ1v) is 5.38. The molecule has 0 aliphatic rings. The highest BCUT2D eigenvalue weighted by atomic mass is 35.5. The molecule has 78 valence electrons. The van der Waals surface area contributed by atoms with Gasteiger partial charge >= 0.3 is 0 Å². The average molecular weight is 242 g/mol. The van der Waals surface area contributed by atoms with Gasteiger partial charge < -0.3 is 4.42 Å². The van der Waals surface area contributed by atoms with Gasteiger partial charge in [0.05, 0.1) is 12.1 Å². The molecule has 1 aromatic carbocycles. The third-order valence-electron chi connectivity index (χ3n) is 1.99. The molecular weight excluding hydrogens is 233 g/mol. The van der Waals surface area contributed by atoms with Crippen molar-refractivity contribution in [1.82, 2.24) is 4.98 Å². The van der Waals surface area contributed by atoms with E-state index >= 15 is 0 Å². The molecule has 0 aliphatic heterocycles. The first-order chi connectivity index (χ1) is 7.19. The van der Waals surface area contributed by atoms with Gasteiger partial charge in [-0.25, -0.2) is 4.98 Å². The first-order valence-electron chi connectivity index (χ1n) is 4.47. The van der Waals surface area contributed by atoms with Crippen molar-refractivity contribution in [2.24, 2.45) is 0 Å². The summed E-state index contributed by atoms with van der Waals surface area (Å²) in [5.74, 6) is 1.49. The molecule has 0 radical (unpaired) electrons. The van der Waals surface area contributed by atoms with E-state index in [1.165, 1.54) is 0 Å². The summed E-state index contributed by atoms with van der Waals surface area (Å²) in [6, 6.07) is 5.72. The van der Waals surface area contributed by atoms with Crippen molar-refractivity contribution < 1.29 is 4.42 Å². The normalized spacial score (nSPS) is 10.6. The Hall–Kier alpha value is -0.990. The monoisotopic (exact) mass is 241 g/mol. The number of hydrogen-bond acceptors (Lipinski definition) is 2. The van der Waals surface area contributed by atoms with Crippen molar-refractivity contribution in [1.29, 1.82) is 0 Å². The number of oxazole rings is 1. The second kappa shape index (κ2) is 4.25. The van der Waals surface area contributed by atoms with Crippen molar-refractivity contribution in [3.63, 3.8) is 0 Å². The summed E-state index contributed by atoms with van der Waals surface area (Å²) in [5, 5.41) is 0.689. The summed E-state index contributed by atoms with van der Waals surface area (Å²) >= 11 is 11.6. The Morgan fingerprint density at radius 2 is 2.13 bits per heavy atom. The molecule has 4 heteroatoms. The van der Waals surface area contributed by atoms with Crippen molar-refractivity contribution in [3.8, 4) is 11.3 Å². The van der Waals surface area contributed by atoms with Crippen LogP contribution in [0.1, 0.15) is 11.5 Å². The van der Waals surface area contributed by atoms with E-state index < -0.39 is 0 Å². The maximum absolute atomic E-state index is 5.95. The Morgan fingerprint density at radius 1 is 1.33 bits per heavy atom. The van der Waals surface area contributed by atoms with Gasteiger partial charge in [0, 0.05) is 10.6 Å². The third kappa shape index (κ3) is 2.33. The van der Waals surface area contributed by atoms with Gasteiger partial charge in [-0.3, -0.25) is 0 Å². The topological polar surface area (TPSA) is 26.0 Å². The largest absolute Gasteiger partial charge is 0.439 e. The predicted octanol–water partition coefficient (Wildman–Crippen LogP) is 4.04. The lowest BCUT2D eigenvalue weighted by molar-refractivity contribution is 0.528. The molecule has 0 saturated carbocycles. The summed E-state index contributed by atoms with van der Waals surface area (Å²) in [6.45, 7) is 1.98. The van der Waals surface area contributed by atoms with Crippen LogP contribution in [0.2, 0.25) is 5.02 Å². The lowest BCUT2D eigenvalue weighted by atomic mass is 10.1. The summed E-state index contributed by atoms with van der Waals surface area (Å²) < 4.78 is 5.43. The van der Waals surface area contributed by atoms with Gasteiger partial charge in [0.2, 0.25) is 5.89 Å². The fraction of sp³-hybridized carbons (Fsp3) is 0.182. The Labute approximate surface area is 97.8 Å². The number of aromatic nitrogens is 1. The minimum absolute atomic E-state index is 0.277. The van der Waals surface area contributed by atoms with Crippen LogP contribution in [0.3, 0.4) is 0 Å². The lowest BCUT2D eigenvalue weighted by Gasteiger charge is -1.99. The minimum Gasteiger partial charge on any atom is -0.439 e. The van der Waals surface area contributed by atoms with Gasteiger partial charge in [0.25, 0.3) is 0 Å².